The van der Waals surface area contributed by atoms with Gasteiger partial charge in [-0.05, 0) is 5.92 Å². The van der Waals surface area contributed by atoms with Crippen molar-refractivity contribution in [2.75, 3.05) is 0 Å². The zero-order chi connectivity index (χ0) is 9.56. The first kappa shape index (κ1) is 11.4. The summed E-state index contributed by atoms with van der Waals surface area (Å²) in [5, 5.41) is 0. The number of hydrogen-bond acceptors (Lipinski definition) is 1. The molecule has 0 unspecified atom stereocenters. The van der Waals surface area contributed by atoms with E-state index in [9.17, 15) is 0 Å². The molecule has 1 nitrogen and oxygen atoms in total. The zero-order valence-corrected chi connectivity index (χ0v) is 8.77. The van der Waals surface area contributed by atoms with Crippen molar-refractivity contribution >= 4 is 17.2 Å². The van der Waals surface area contributed by atoms with Crippen LogP contribution in [0.2, 0.25) is 0 Å². The Balaban J connectivity index is 3.84. The molecule has 0 aliphatic heterocycles. The van der Waals surface area contributed by atoms with Gasteiger partial charge in [-0.3, -0.25) is 0 Å². The lowest BCUT2D eigenvalue weighted by molar-refractivity contribution is 0.831. The first-order valence-electron chi connectivity index (χ1n) is 4.18. The molecule has 68 valence electrons. The Morgan fingerprint density at radius 3 is 2.08 bits per heavy atom. The Hall–Kier alpha value is -0.630. The third-order valence-corrected chi connectivity index (χ3v) is 1.83. The number of allylic oxidation sites excluding steroid dienone is 3. The molecular weight excluding hydrogens is 166 g/mol. The highest BCUT2D eigenvalue weighted by atomic mass is 32.1. The minimum absolute atomic E-state index is 0.191. The molecule has 0 saturated heterocycles. The fraction of sp³-hybridized carbons (Fsp3) is 0.500. The molecule has 0 aliphatic carbocycles. The van der Waals surface area contributed by atoms with Gasteiger partial charge in [-0.2, -0.15) is 0 Å². The molecule has 0 rings (SSSR count). The average Bonchev–Trinajstić information content (AvgIpc) is 1.97. The van der Waals surface area contributed by atoms with Gasteiger partial charge in [0.2, 0.25) is 0 Å². The van der Waals surface area contributed by atoms with E-state index in [1.807, 2.05) is 25.2 Å². The summed E-state index contributed by atoms with van der Waals surface area (Å²) < 4.78 is 0. The Morgan fingerprint density at radius 1 is 1.17 bits per heavy atom. The van der Waals surface area contributed by atoms with E-state index in [-0.39, 0.29) is 5.92 Å². The summed E-state index contributed by atoms with van der Waals surface area (Å²) in [5.74, 6) is 0.784. The molecule has 0 heterocycles. The summed E-state index contributed by atoms with van der Waals surface area (Å²) >= 11 is 4.82. The van der Waals surface area contributed by atoms with Crippen LogP contribution in [0.3, 0.4) is 0 Å². The summed E-state index contributed by atoms with van der Waals surface area (Å²) in [6.45, 7) is 6.27. The minimum Gasteiger partial charge on any atom is -0.393 e. The molecule has 0 bridgehead atoms. The van der Waals surface area contributed by atoms with Gasteiger partial charge >= 0.3 is 0 Å². The molecule has 0 aliphatic rings. The van der Waals surface area contributed by atoms with Gasteiger partial charge in [0.05, 0.1) is 4.99 Å². The van der Waals surface area contributed by atoms with Crippen LogP contribution in [0.1, 0.15) is 20.8 Å². The highest BCUT2D eigenvalue weighted by molar-refractivity contribution is 7.80. The molecule has 0 saturated carbocycles. The number of thiocarbonyl (C=S) groups is 1. The summed E-state index contributed by atoms with van der Waals surface area (Å²) in [6, 6.07) is 0. The van der Waals surface area contributed by atoms with E-state index in [2.05, 4.69) is 19.9 Å². The van der Waals surface area contributed by atoms with E-state index < -0.39 is 0 Å². The van der Waals surface area contributed by atoms with Gasteiger partial charge in [0.1, 0.15) is 0 Å². The lowest BCUT2D eigenvalue weighted by Gasteiger charge is -1.99. The molecule has 0 fully saturated rings. The highest BCUT2D eigenvalue weighted by Gasteiger charge is 1.96. The Morgan fingerprint density at radius 2 is 1.67 bits per heavy atom. The monoisotopic (exact) mass is 183 g/mol. The third-order valence-electron chi connectivity index (χ3n) is 1.46. The fourth-order valence-corrected chi connectivity index (χ4v) is 0.691. The number of hydrogen-bond donors (Lipinski definition) is 1. The van der Waals surface area contributed by atoms with E-state index in [0.717, 1.165) is 0 Å². The van der Waals surface area contributed by atoms with E-state index >= 15 is 0 Å². The first-order chi connectivity index (χ1) is 5.54. The molecule has 12 heavy (non-hydrogen) atoms. The molecule has 0 amide bonds. The Bertz CT molecular complexity index is 192. The standard InChI is InChI=1S/C10H17NS/c1-8(2)6-4-5-7-9(3)10(11)12/h4-9H,1-3H3,(H2,11,12)/b6-4+,7-5+/t9-/m0/s1. The van der Waals surface area contributed by atoms with Gasteiger partial charge in [0.25, 0.3) is 0 Å². The van der Waals surface area contributed by atoms with Crippen LogP contribution in [0, 0.1) is 11.8 Å². The molecule has 0 aromatic heterocycles. The van der Waals surface area contributed by atoms with E-state index in [0.29, 0.717) is 10.9 Å². The summed E-state index contributed by atoms with van der Waals surface area (Å²) in [4.78, 5) is 0.546. The van der Waals surface area contributed by atoms with Crippen molar-refractivity contribution in [1.29, 1.82) is 0 Å². The van der Waals surface area contributed by atoms with Gasteiger partial charge in [-0.1, -0.05) is 57.3 Å². The second kappa shape index (κ2) is 5.95. The largest absolute Gasteiger partial charge is 0.393 e. The van der Waals surface area contributed by atoms with E-state index in [4.69, 9.17) is 18.0 Å². The maximum Gasteiger partial charge on any atom is 0.0794 e. The van der Waals surface area contributed by atoms with Crippen molar-refractivity contribution < 1.29 is 0 Å². The van der Waals surface area contributed by atoms with Gasteiger partial charge in [0.15, 0.2) is 0 Å². The van der Waals surface area contributed by atoms with Crippen LogP contribution in [0.5, 0.6) is 0 Å². The number of nitrogens with two attached hydrogens (primary N) is 1. The topological polar surface area (TPSA) is 26.0 Å². The van der Waals surface area contributed by atoms with Crippen LogP contribution < -0.4 is 5.73 Å². The van der Waals surface area contributed by atoms with Crippen molar-refractivity contribution in [3.05, 3.63) is 24.3 Å². The summed E-state index contributed by atoms with van der Waals surface area (Å²) in [5.41, 5.74) is 5.43. The molecular formula is C10H17NS. The molecule has 0 spiro atoms. The maximum atomic E-state index is 5.43. The van der Waals surface area contributed by atoms with Crippen molar-refractivity contribution in [2.45, 2.75) is 20.8 Å². The summed E-state index contributed by atoms with van der Waals surface area (Å²) in [7, 11) is 0. The molecule has 2 N–H and O–H groups in total. The molecule has 0 aromatic rings. The minimum atomic E-state index is 0.191. The number of rotatable bonds is 4. The fourth-order valence-electron chi connectivity index (χ4n) is 0.612. The quantitative estimate of drug-likeness (QED) is 0.535. The molecule has 0 aromatic carbocycles. The van der Waals surface area contributed by atoms with Crippen LogP contribution in [0.15, 0.2) is 24.3 Å². The van der Waals surface area contributed by atoms with Crippen molar-refractivity contribution in [2.24, 2.45) is 17.6 Å². The van der Waals surface area contributed by atoms with Gasteiger partial charge in [0, 0.05) is 5.92 Å². The maximum absolute atomic E-state index is 5.43. The van der Waals surface area contributed by atoms with Gasteiger partial charge in [-0.25, -0.2) is 0 Å². The van der Waals surface area contributed by atoms with Gasteiger partial charge < -0.3 is 5.73 Å². The lowest BCUT2D eigenvalue weighted by atomic mass is 10.1. The second-order valence-corrected chi connectivity index (χ2v) is 3.68. The lowest BCUT2D eigenvalue weighted by Crippen LogP contribution is -2.15. The predicted molar refractivity (Wildman–Crippen MR) is 59.1 cm³/mol. The van der Waals surface area contributed by atoms with Crippen LogP contribution in [0.4, 0.5) is 0 Å². The van der Waals surface area contributed by atoms with Crippen LogP contribution in [-0.2, 0) is 0 Å². The first-order valence-corrected chi connectivity index (χ1v) is 4.59. The van der Waals surface area contributed by atoms with Crippen molar-refractivity contribution in [3.63, 3.8) is 0 Å². The second-order valence-electron chi connectivity index (χ2n) is 3.20. The van der Waals surface area contributed by atoms with E-state index in [1.165, 1.54) is 0 Å². The SMILES string of the molecule is CC(C)/C=C/C=C/[C@H](C)C(N)=S. The van der Waals surface area contributed by atoms with Gasteiger partial charge in [-0.15, -0.1) is 0 Å². The van der Waals surface area contributed by atoms with Crippen LogP contribution in [-0.4, -0.2) is 4.99 Å². The van der Waals surface area contributed by atoms with Crippen molar-refractivity contribution in [1.82, 2.24) is 0 Å². The van der Waals surface area contributed by atoms with Crippen molar-refractivity contribution in [3.8, 4) is 0 Å². The zero-order valence-electron chi connectivity index (χ0n) is 7.95. The predicted octanol–water partition coefficient (Wildman–Crippen LogP) is 2.68. The average molecular weight is 183 g/mol. The van der Waals surface area contributed by atoms with E-state index in [1.54, 1.807) is 0 Å². The van der Waals surface area contributed by atoms with Crippen LogP contribution in [0.25, 0.3) is 0 Å². The highest BCUT2D eigenvalue weighted by Crippen LogP contribution is 1.98. The Labute approximate surface area is 80.3 Å². The summed E-state index contributed by atoms with van der Waals surface area (Å²) in [6.07, 6.45) is 8.15. The molecule has 2 heteroatoms. The third kappa shape index (κ3) is 6.10. The van der Waals surface area contributed by atoms with Crippen LogP contribution >= 0.6 is 12.2 Å². The molecule has 0 radical (unpaired) electrons. The Kier molecular flexibility index (Phi) is 5.64. The molecule has 1 atom stereocenters. The smallest absolute Gasteiger partial charge is 0.0794 e. The normalized spacial score (nSPS) is 14.7.